The van der Waals surface area contributed by atoms with E-state index in [9.17, 15) is 4.79 Å². The second kappa shape index (κ2) is 3.21. The minimum atomic E-state index is 0.549. The van der Waals surface area contributed by atoms with Crippen molar-refractivity contribution in [2.45, 2.75) is 0 Å². The smallest absolute Gasteiger partial charge is 0.183 e. The summed E-state index contributed by atoms with van der Waals surface area (Å²) in [6.07, 6.45) is 0.770. The fourth-order valence-corrected chi connectivity index (χ4v) is 1.82. The van der Waals surface area contributed by atoms with Crippen molar-refractivity contribution in [2.75, 3.05) is 5.01 Å². The maximum atomic E-state index is 10.5. The summed E-state index contributed by atoms with van der Waals surface area (Å²) >= 11 is 2.58. The van der Waals surface area contributed by atoms with Gasteiger partial charge in [0.05, 0.1) is 5.38 Å². The third-order valence-corrected chi connectivity index (χ3v) is 2.42. The van der Waals surface area contributed by atoms with Crippen LogP contribution in [0.25, 0.3) is 0 Å². The van der Waals surface area contributed by atoms with Crippen molar-refractivity contribution in [3.05, 3.63) is 16.5 Å². The molecule has 1 aromatic heterocycles. The number of allylic oxidation sites excluding steroid dienone is 1. The first-order valence-electron chi connectivity index (χ1n) is 3.05. The number of anilines is 1. The molecule has 1 aliphatic heterocycles. The Labute approximate surface area is 76.7 Å². The van der Waals surface area contributed by atoms with Gasteiger partial charge >= 0.3 is 0 Å². The number of rotatable bonds is 2. The predicted octanol–water partition coefficient (Wildman–Crippen LogP) is 0.551. The lowest BCUT2D eigenvalue weighted by atomic mass is 10.5. The van der Waals surface area contributed by atoms with Gasteiger partial charge in [-0.25, -0.2) is 5.01 Å². The summed E-state index contributed by atoms with van der Waals surface area (Å²) in [6, 6.07) is 0. The lowest BCUT2D eigenvalue weighted by Crippen LogP contribution is -2.28. The van der Waals surface area contributed by atoms with E-state index in [-0.39, 0.29) is 0 Å². The summed E-state index contributed by atoms with van der Waals surface area (Å²) in [7, 11) is 0. The number of aldehydes is 1. The van der Waals surface area contributed by atoms with Gasteiger partial charge in [-0.15, -0.1) is 5.10 Å². The van der Waals surface area contributed by atoms with Crippen LogP contribution in [0.4, 0.5) is 5.82 Å². The van der Waals surface area contributed by atoms with E-state index in [4.69, 9.17) is 0 Å². The van der Waals surface area contributed by atoms with Crippen LogP contribution in [0, 0.1) is 0 Å². The van der Waals surface area contributed by atoms with Crippen molar-refractivity contribution >= 4 is 35.6 Å². The summed E-state index contributed by atoms with van der Waals surface area (Å²) < 4.78 is 3.69. The maximum Gasteiger partial charge on any atom is 0.183 e. The monoisotopic (exact) mass is 200 g/mol. The fraction of sp³-hybridized carbons (Fsp3) is 0. The van der Waals surface area contributed by atoms with Gasteiger partial charge in [0, 0.05) is 5.41 Å². The Balaban J connectivity index is 2.26. The molecule has 0 spiro atoms. The molecule has 0 saturated heterocycles. The van der Waals surface area contributed by atoms with Gasteiger partial charge in [-0.1, -0.05) is 4.49 Å². The van der Waals surface area contributed by atoms with Gasteiger partial charge in [-0.2, -0.15) is 4.83 Å². The summed E-state index contributed by atoms with van der Waals surface area (Å²) in [5.41, 5.74) is 0.549. The molecule has 1 aliphatic rings. The van der Waals surface area contributed by atoms with E-state index < -0.39 is 0 Å². The van der Waals surface area contributed by atoms with Gasteiger partial charge in [0.1, 0.15) is 5.70 Å². The number of hydrogen-bond donors (Lipinski definition) is 1. The van der Waals surface area contributed by atoms with E-state index in [1.54, 1.807) is 15.8 Å². The van der Waals surface area contributed by atoms with Gasteiger partial charge in [0.2, 0.25) is 0 Å². The van der Waals surface area contributed by atoms with Crippen molar-refractivity contribution in [1.29, 1.82) is 0 Å². The molecule has 0 bridgehead atoms. The minimum Gasteiger partial charge on any atom is -0.296 e. The third kappa shape index (κ3) is 1.22. The molecule has 0 saturated carbocycles. The molecule has 5 nitrogen and oxygen atoms in total. The van der Waals surface area contributed by atoms with Crippen molar-refractivity contribution in [1.82, 2.24) is 14.4 Å². The summed E-state index contributed by atoms with van der Waals surface area (Å²) in [5.74, 6) is 0.642. The zero-order valence-electron chi connectivity index (χ0n) is 5.80. The van der Waals surface area contributed by atoms with Crippen LogP contribution in [0.2, 0.25) is 0 Å². The van der Waals surface area contributed by atoms with Crippen LogP contribution >= 0.6 is 23.5 Å². The molecule has 7 heteroatoms. The molecule has 0 fully saturated rings. The van der Waals surface area contributed by atoms with Crippen LogP contribution in [0.1, 0.15) is 0 Å². The van der Waals surface area contributed by atoms with Gasteiger partial charge in [0.25, 0.3) is 0 Å². The number of hydrazine groups is 1. The first-order chi connectivity index (χ1) is 5.92. The average Bonchev–Trinajstić information content (AvgIpc) is 2.74. The second-order valence-corrected chi connectivity index (χ2v) is 3.23. The fourth-order valence-electron chi connectivity index (χ4n) is 0.761. The van der Waals surface area contributed by atoms with Gasteiger partial charge in [0.15, 0.2) is 12.1 Å². The number of nitrogens with one attached hydrogen (secondary N) is 1. The Morgan fingerprint density at radius 3 is 3.25 bits per heavy atom. The number of hydrogen-bond acceptors (Lipinski definition) is 7. The van der Waals surface area contributed by atoms with Crippen molar-refractivity contribution in [3.63, 3.8) is 0 Å². The molecule has 0 radical (unpaired) electrons. The molecule has 0 aromatic carbocycles. The Kier molecular flexibility index (Phi) is 2.07. The number of carbonyl (C=O) groups is 1. The van der Waals surface area contributed by atoms with Crippen LogP contribution in [0.15, 0.2) is 16.5 Å². The molecule has 12 heavy (non-hydrogen) atoms. The number of carbonyl (C=O) groups excluding carboxylic acids is 1. The topological polar surface area (TPSA) is 58.1 Å². The van der Waals surface area contributed by atoms with E-state index in [1.165, 1.54) is 23.5 Å². The quantitative estimate of drug-likeness (QED) is 0.556. The standard InChI is InChI=1S/C5H4N4OS2/c10-1-4-2-12-8-9(4)5-3-11-7-6-5/h1-3,8H. The Hall–Kier alpha value is -0.920. The first-order valence-corrected chi connectivity index (χ1v) is 4.77. The Bertz CT molecular complexity index is 309. The van der Waals surface area contributed by atoms with Gasteiger partial charge in [-0.05, 0) is 23.5 Å². The second-order valence-electron chi connectivity index (χ2n) is 1.97. The summed E-state index contributed by atoms with van der Waals surface area (Å²) in [6.45, 7) is 0. The molecule has 1 aromatic rings. The predicted molar refractivity (Wildman–Crippen MR) is 47.3 cm³/mol. The van der Waals surface area contributed by atoms with Crippen molar-refractivity contribution in [2.24, 2.45) is 0 Å². The summed E-state index contributed by atoms with van der Waals surface area (Å²) in [5, 5.41) is 8.87. The third-order valence-electron chi connectivity index (χ3n) is 1.28. The SMILES string of the molecule is O=CC1=CSNN1c1csnn1. The number of nitrogens with zero attached hydrogens (tertiary/aromatic N) is 3. The molecular weight excluding hydrogens is 196 g/mol. The van der Waals surface area contributed by atoms with Gasteiger partial charge < -0.3 is 0 Å². The maximum absolute atomic E-state index is 10.5. The van der Waals surface area contributed by atoms with Crippen molar-refractivity contribution < 1.29 is 4.79 Å². The number of aromatic nitrogens is 2. The molecule has 0 unspecified atom stereocenters. The van der Waals surface area contributed by atoms with E-state index >= 15 is 0 Å². The molecule has 0 aliphatic carbocycles. The Morgan fingerprint density at radius 2 is 2.58 bits per heavy atom. The van der Waals surface area contributed by atoms with E-state index in [1.807, 2.05) is 0 Å². The average molecular weight is 200 g/mol. The highest BCUT2D eigenvalue weighted by molar-refractivity contribution is 8.00. The van der Waals surface area contributed by atoms with E-state index in [2.05, 4.69) is 14.4 Å². The lowest BCUT2D eigenvalue weighted by molar-refractivity contribution is -0.105. The van der Waals surface area contributed by atoms with Crippen molar-refractivity contribution in [3.8, 4) is 0 Å². The first kappa shape index (κ1) is 7.71. The van der Waals surface area contributed by atoms with E-state index in [0.717, 1.165) is 6.29 Å². The Morgan fingerprint density at radius 1 is 1.67 bits per heavy atom. The largest absolute Gasteiger partial charge is 0.296 e. The minimum absolute atomic E-state index is 0.549. The van der Waals surface area contributed by atoms with Gasteiger partial charge in [-0.3, -0.25) is 4.79 Å². The molecule has 1 N–H and O–H groups in total. The van der Waals surface area contributed by atoms with Crippen LogP contribution in [0.3, 0.4) is 0 Å². The van der Waals surface area contributed by atoms with Crippen LogP contribution < -0.4 is 9.84 Å². The molecular formula is C5H4N4OS2. The van der Waals surface area contributed by atoms with Crippen LogP contribution in [0.5, 0.6) is 0 Å². The molecule has 2 rings (SSSR count). The molecule has 0 atom stereocenters. The highest BCUT2D eigenvalue weighted by Gasteiger charge is 2.18. The zero-order chi connectivity index (χ0) is 8.39. The van der Waals surface area contributed by atoms with Crippen LogP contribution in [-0.4, -0.2) is 15.9 Å². The zero-order valence-corrected chi connectivity index (χ0v) is 7.43. The molecule has 2 heterocycles. The van der Waals surface area contributed by atoms with E-state index in [0.29, 0.717) is 11.5 Å². The normalized spacial score (nSPS) is 16.3. The molecule has 0 amide bonds. The summed E-state index contributed by atoms with van der Waals surface area (Å²) in [4.78, 5) is 13.4. The highest BCUT2D eigenvalue weighted by atomic mass is 32.2. The molecule has 62 valence electrons. The lowest BCUT2D eigenvalue weighted by Gasteiger charge is -2.13. The van der Waals surface area contributed by atoms with Crippen LogP contribution in [-0.2, 0) is 4.79 Å². The highest BCUT2D eigenvalue weighted by Crippen LogP contribution is 2.22.